The van der Waals surface area contributed by atoms with E-state index in [0.29, 0.717) is 17.5 Å². The van der Waals surface area contributed by atoms with E-state index in [1.165, 1.54) is 46.6 Å². The predicted molar refractivity (Wildman–Crippen MR) is 92.0 cm³/mol. The van der Waals surface area contributed by atoms with Gasteiger partial charge in [-0.1, -0.05) is 23.3 Å². The average molecular weight is 351 g/mol. The van der Waals surface area contributed by atoms with Gasteiger partial charge in [-0.3, -0.25) is 0 Å². The van der Waals surface area contributed by atoms with E-state index >= 15 is 0 Å². The lowest BCUT2D eigenvalue weighted by Gasteiger charge is -2.28. The molecule has 2 rings (SSSR count). The number of thiol groups is 1. The number of piperidine rings is 1. The quantitative estimate of drug-likeness (QED) is 0.604. The van der Waals surface area contributed by atoms with Gasteiger partial charge in [0.1, 0.15) is 5.02 Å². The molecule has 0 aromatic carbocycles. The Balaban J connectivity index is 1.76. The van der Waals surface area contributed by atoms with Gasteiger partial charge < -0.3 is 9.64 Å². The summed E-state index contributed by atoms with van der Waals surface area (Å²) in [6.07, 6.45) is 5.37. The van der Waals surface area contributed by atoms with Crippen LogP contribution in [-0.2, 0) is 0 Å². The molecule has 3 nitrogen and oxygen atoms in total. The molecule has 0 radical (unpaired) electrons. The molecule has 7 heteroatoms. The maximum atomic E-state index is 6.16. The Kier molecular flexibility index (Phi) is 7.17. The zero-order valence-corrected chi connectivity index (χ0v) is 14.7. The Bertz CT molecular complexity index is 428. The number of nitrogens with zero attached hydrogens (tertiary/aromatic N) is 2. The highest BCUT2D eigenvalue weighted by Crippen LogP contribution is 2.36. The molecule has 0 atom stereocenters. The van der Waals surface area contributed by atoms with Crippen molar-refractivity contribution in [3.8, 4) is 5.88 Å². The van der Waals surface area contributed by atoms with Gasteiger partial charge in [-0.2, -0.15) is 0 Å². The summed E-state index contributed by atoms with van der Waals surface area (Å²) >= 11 is 10.3. The second kappa shape index (κ2) is 8.63. The van der Waals surface area contributed by atoms with Gasteiger partial charge in [-0.05, 0) is 72.0 Å². The van der Waals surface area contributed by atoms with Gasteiger partial charge in [-0.25, -0.2) is 4.98 Å². The number of aromatic nitrogens is 1. The van der Waals surface area contributed by atoms with Crippen LogP contribution in [0.15, 0.2) is 17.2 Å². The summed E-state index contributed by atoms with van der Waals surface area (Å²) in [6, 6.07) is 1.87. The zero-order valence-electron chi connectivity index (χ0n) is 11.4. The zero-order chi connectivity index (χ0) is 14.4. The molecule has 1 aliphatic rings. The van der Waals surface area contributed by atoms with Crippen molar-refractivity contribution in [3.05, 3.63) is 17.3 Å². The smallest absolute Gasteiger partial charge is 0.232 e. The third-order valence-electron chi connectivity index (χ3n) is 3.52. The molecule has 1 fully saturated rings. The van der Waals surface area contributed by atoms with Gasteiger partial charge in [0.25, 0.3) is 0 Å². The number of rotatable bonds is 6. The fourth-order valence-corrected chi connectivity index (χ4v) is 4.22. The molecule has 20 heavy (non-hydrogen) atoms. The van der Waals surface area contributed by atoms with E-state index in [-0.39, 0.29) is 0 Å². The highest BCUT2D eigenvalue weighted by atomic mass is 35.5. The van der Waals surface area contributed by atoms with Crippen LogP contribution in [0.1, 0.15) is 19.3 Å². The van der Waals surface area contributed by atoms with Gasteiger partial charge in [0, 0.05) is 11.1 Å². The third-order valence-corrected chi connectivity index (χ3v) is 5.75. The van der Waals surface area contributed by atoms with Crippen molar-refractivity contribution in [3.63, 3.8) is 0 Å². The Morgan fingerprint density at radius 1 is 1.50 bits per heavy atom. The molecule has 0 N–H and O–H groups in total. The topological polar surface area (TPSA) is 25.4 Å². The molecule has 1 saturated heterocycles. The summed E-state index contributed by atoms with van der Waals surface area (Å²) < 4.78 is 5.71. The molecule has 0 amide bonds. The van der Waals surface area contributed by atoms with E-state index < -0.39 is 0 Å². The Hall–Kier alpha value is 0.250. The van der Waals surface area contributed by atoms with Crippen molar-refractivity contribution in [2.75, 3.05) is 26.7 Å². The van der Waals surface area contributed by atoms with Crippen LogP contribution in [0.25, 0.3) is 0 Å². The lowest BCUT2D eigenvalue weighted by Crippen LogP contribution is -2.30. The van der Waals surface area contributed by atoms with Gasteiger partial charge in [0.15, 0.2) is 0 Å². The summed E-state index contributed by atoms with van der Waals surface area (Å²) in [4.78, 5) is 7.63. The minimum absolute atomic E-state index is 0.535. The monoisotopic (exact) mass is 350 g/mol. The van der Waals surface area contributed by atoms with Crippen LogP contribution >= 0.6 is 43.9 Å². The number of likely N-dealkylation sites (tertiary alicyclic amines) is 1. The lowest BCUT2D eigenvalue weighted by atomic mass is 9.94. The van der Waals surface area contributed by atoms with Gasteiger partial charge >= 0.3 is 0 Å². The number of halogens is 1. The van der Waals surface area contributed by atoms with Crippen molar-refractivity contribution in [1.29, 1.82) is 0 Å². The highest BCUT2D eigenvalue weighted by Gasteiger charge is 2.16. The van der Waals surface area contributed by atoms with Crippen LogP contribution in [0.5, 0.6) is 5.88 Å². The third kappa shape index (κ3) is 5.22. The standard InChI is InChI=1S/C13H19ClN2OS3/c1-16-5-2-10(3-6-16)4-7-17-13-12(14)8-11(9-15-13)19-20-18/h8-10,18H,2-7H2,1H3. The van der Waals surface area contributed by atoms with Crippen molar-refractivity contribution < 1.29 is 4.74 Å². The molecule has 1 aromatic rings. The molecule has 112 valence electrons. The molecule has 1 aliphatic heterocycles. The summed E-state index contributed by atoms with van der Waals surface area (Å²) in [5.41, 5.74) is 0. The fraction of sp³-hybridized carbons (Fsp3) is 0.615. The number of pyridine rings is 1. The number of ether oxygens (including phenoxy) is 1. The van der Waals surface area contributed by atoms with Crippen LogP contribution in [0.2, 0.25) is 5.02 Å². The van der Waals surface area contributed by atoms with Crippen molar-refractivity contribution >= 4 is 43.9 Å². The SMILES string of the molecule is CN1CCC(CCOc2ncc(SSS)cc2Cl)CC1. The Morgan fingerprint density at radius 3 is 2.90 bits per heavy atom. The minimum atomic E-state index is 0.535. The number of hydrogen-bond acceptors (Lipinski definition) is 6. The van der Waals surface area contributed by atoms with Crippen LogP contribution in [0, 0.1) is 5.92 Å². The first kappa shape index (κ1) is 16.6. The van der Waals surface area contributed by atoms with E-state index in [2.05, 4.69) is 28.6 Å². The lowest BCUT2D eigenvalue weighted by molar-refractivity contribution is 0.185. The van der Waals surface area contributed by atoms with Crippen LogP contribution < -0.4 is 4.74 Å². The highest BCUT2D eigenvalue weighted by molar-refractivity contribution is 9.05. The molecule has 1 aromatic heterocycles. The summed E-state index contributed by atoms with van der Waals surface area (Å²) in [5.74, 6) is 1.30. The molecule has 0 saturated carbocycles. The van der Waals surface area contributed by atoms with E-state index in [4.69, 9.17) is 16.3 Å². The normalized spacial score (nSPS) is 17.4. The predicted octanol–water partition coefficient (Wildman–Crippen LogP) is 4.43. The van der Waals surface area contributed by atoms with Gasteiger partial charge in [-0.15, -0.1) is 0 Å². The Labute approximate surface area is 138 Å². The molecule has 0 spiro atoms. The van der Waals surface area contributed by atoms with E-state index in [0.717, 1.165) is 17.2 Å². The fourth-order valence-electron chi connectivity index (χ4n) is 2.28. The second-order valence-electron chi connectivity index (χ2n) is 5.00. The maximum absolute atomic E-state index is 6.16. The molecule has 0 unspecified atom stereocenters. The van der Waals surface area contributed by atoms with Crippen LogP contribution in [-0.4, -0.2) is 36.6 Å². The molecule has 2 heterocycles. The Morgan fingerprint density at radius 2 is 2.25 bits per heavy atom. The summed E-state index contributed by atoms with van der Waals surface area (Å²) in [7, 11) is 5.07. The molecule has 0 bridgehead atoms. The van der Waals surface area contributed by atoms with Crippen molar-refractivity contribution in [1.82, 2.24) is 9.88 Å². The van der Waals surface area contributed by atoms with E-state index in [9.17, 15) is 0 Å². The van der Waals surface area contributed by atoms with Gasteiger partial charge in [0.05, 0.1) is 6.61 Å². The number of hydrogen-bond donors (Lipinski definition) is 1. The maximum Gasteiger partial charge on any atom is 0.232 e. The molecule has 0 aliphatic carbocycles. The average Bonchev–Trinajstić information content (AvgIpc) is 2.44. The summed E-state index contributed by atoms with van der Waals surface area (Å²) in [6.45, 7) is 3.07. The first-order valence-electron chi connectivity index (χ1n) is 6.64. The van der Waals surface area contributed by atoms with Crippen LogP contribution in [0.4, 0.5) is 0 Å². The summed E-state index contributed by atoms with van der Waals surface area (Å²) in [5, 5.41) is 0.570. The van der Waals surface area contributed by atoms with Crippen LogP contribution in [0.3, 0.4) is 0 Å². The first-order chi connectivity index (χ1) is 9.69. The minimum Gasteiger partial charge on any atom is -0.477 e. The molecular weight excluding hydrogens is 332 g/mol. The second-order valence-corrected chi connectivity index (χ2v) is 8.48. The largest absolute Gasteiger partial charge is 0.477 e. The van der Waals surface area contributed by atoms with Gasteiger partial charge in [0.2, 0.25) is 5.88 Å². The van der Waals surface area contributed by atoms with E-state index in [1.54, 1.807) is 6.20 Å². The molecular formula is C13H19ClN2OS3. The van der Waals surface area contributed by atoms with Crippen molar-refractivity contribution in [2.24, 2.45) is 5.92 Å². The van der Waals surface area contributed by atoms with E-state index in [1.807, 2.05) is 6.07 Å². The van der Waals surface area contributed by atoms with Crippen molar-refractivity contribution in [2.45, 2.75) is 24.2 Å². The first-order valence-corrected chi connectivity index (χ1v) is 10.2.